The molecule has 2 aromatic carbocycles. The van der Waals surface area contributed by atoms with Crippen molar-refractivity contribution < 1.29 is 18.3 Å². The molecule has 4 rings (SSSR count). The smallest absolute Gasteiger partial charge is 0.307 e. The fraction of sp³-hybridized carbons (Fsp3) is 0.409. The SMILES string of the molecule is Cc1ccc(CN2CCN(S(=O)(=O)c3cccc4c3CC(C(=O)O)C4)CC2)cc1. The Labute approximate surface area is 171 Å². The molecule has 1 N–H and O–H groups in total. The predicted octanol–water partition coefficient (Wildman–Crippen LogP) is 2.30. The second-order valence-electron chi connectivity index (χ2n) is 8.00. The summed E-state index contributed by atoms with van der Waals surface area (Å²) in [7, 11) is -3.62. The van der Waals surface area contributed by atoms with E-state index in [0.717, 1.165) is 12.1 Å². The van der Waals surface area contributed by atoms with E-state index in [2.05, 4.69) is 36.1 Å². The van der Waals surface area contributed by atoms with Gasteiger partial charge in [0, 0.05) is 32.7 Å². The molecule has 154 valence electrons. The Hall–Kier alpha value is -2.22. The fourth-order valence-electron chi connectivity index (χ4n) is 4.25. The van der Waals surface area contributed by atoms with Crippen LogP contribution in [0.2, 0.25) is 0 Å². The summed E-state index contributed by atoms with van der Waals surface area (Å²) in [6.07, 6.45) is 0.686. The predicted molar refractivity (Wildman–Crippen MR) is 110 cm³/mol. The van der Waals surface area contributed by atoms with Crippen LogP contribution < -0.4 is 0 Å². The second-order valence-corrected chi connectivity index (χ2v) is 9.91. The molecule has 0 spiro atoms. The highest BCUT2D eigenvalue weighted by molar-refractivity contribution is 7.89. The first-order valence-corrected chi connectivity index (χ1v) is 11.4. The zero-order chi connectivity index (χ0) is 20.6. The van der Waals surface area contributed by atoms with Crippen molar-refractivity contribution in [1.82, 2.24) is 9.21 Å². The summed E-state index contributed by atoms with van der Waals surface area (Å²) in [5.41, 5.74) is 3.98. The number of rotatable bonds is 5. The van der Waals surface area contributed by atoms with Crippen LogP contribution in [0.1, 0.15) is 22.3 Å². The summed E-state index contributed by atoms with van der Waals surface area (Å²) >= 11 is 0. The lowest BCUT2D eigenvalue weighted by atomic mass is 10.1. The van der Waals surface area contributed by atoms with Gasteiger partial charge in [-0.1, -0.05) is 42.0 Å². The highest BCUT2D eigenvalue weighted by Gasteiger charge is 2.35. The van der Waals surface area contributed by atoms with Crippen LogP contribution in [0.5, 0.6) is 0 Å². The lowest BCUT2D eigenvalue weighted by Gasteiger charge is -2.34. The molecule has 1 atom stereocenters. The van der Waals surface area contributed by atoms with E-state index in [1.807, 2.05) is 6.07 Å². The molecule has 2 aromatic rings. The van der Waals surface area contributed by atoms with Gasteiger partial charge >= 0.3 is 5.97 Å². The van der Waals surface area contributed by atoms with Crippen molar-refractivity contribution in [3.8, 4) is 0 Å². The molecule has 1 saturated heterocycles. The summed E-state index contributed by atoms with van der Waals surface area (Å²) in [5, 5.41) is 9.33. The minimum Gasteiger partial charge on any atom is -0.481 e. The Morgan fingerprint density at radius 3 is 2.38 bits per heavy atom. The standard InChI is InChI=1S/C22H26N2O4S/c1-16-5-7-17(8-6-16)15-23-9-11-24(12-10-23)29(27,28)21-4-2-3-18-13-19(22(25)26)14-20(18)21/h2-8,19H,9-15H2,1H3,(H,25,26). The van der Waals surface area contributed by atoms with Gasteiger partial charge in [0.25, 0.3) is 0 Å². The van der Waals surface area contributed by atoms with Gasteiger partial charge in [0.2, 0.25) is 10.0 Å². The third-order valence-corrected chi connectivity index (χ3v) is 7.96. The van der Waals surface area contributed by atoms with E-state index in [1.54, 1.807) is 16.4 Å². The first-order chi connectivity index (χ1) is 13.8. The molecular weight excluding hydrogens is 388 g/mol. The Balaban J connectivity index is 1.46. The topological polar surface area (TPSA) is 77.9 Å². The monoisotopic (exact) mass is 414 g/mol. The number of carboxylic acid groups (broad SMARTS) is 1. The van der Waals surface area contributed by atoms with Gasteiger partial charge in [-0.2, -0.15) is 4.31 Å². The Morgan fingerprint density at radius 1 is 1.03 bits per heavy atom. The fourth-order valence-corrected chi connectivity index (χ4v) is 5.95. The van der Waals surface area contributed by atoms with Gasteiger partial charge in [-0.05, 0) is 42.5 Å². The number of fused-ring (bicyclic) bond motifs is 1. The molecule has 0 amide bonds. The third kappa shape index (κ3) is 4.08. The number of carboxylic acids is 1. The Kier molecular flexibility index (Phi) is 5.46. The van der Waals surface area contributed by atoms with E-state index >= 15 is 0 Å². The third-order valence-electron chi connectivity index (χ3n) is 5.97. The molecule has 7 heteroatoms. The van der Waals surface area contributed by atoms with Crippen LogP contribution in [0.3, 0.4) is 0 Å². The second kappa shape index (κ2) is 7.89. The van der Waals surface area contributed by atoms with Crippen molar-refractivity contribution in [2.45, 2.75) is 31.2 Å². The van der Waals surface area contributed by atoms with Gasteiger partial charge < -0.3 is 5.11 Å². The molecule has 29 heavy (non-hydrogen) atoms. The normalized spacial score (nSPS) is 20.5. The molecule has 0 saturated carbocycles. The lowest BCUT2D eigenvalue weighted by molar-refractivity contribution is -0.141. The number of carbonyl (C=O) groups is 1. The zero-order valence-electron chi connectivity index (χ0n) is 16.5. The molecule has 0 radical (unpaired) electrons. The van der Waals surface area contributed by atoms with Gasteiger partial charge in [0.1, 0.15) is 0 Å². The van der Waals surface area contributed by atoms with Crippen LogP contribution in [0, 0.1) is 12.8 Å². The first kappa shape index (κ1) is 20.1. The minimum absolute atomic E-state index is 0.283. The highest BCUT2D eigenvalue weighted by atomic mass is 32.2. The largest absolute Gasteiger partial charge is 0.481 e. The summed E-state index contributed by atoms with van der Waals surface area (Å²) in [5.74, 6) is -1.40. The van der Waals surface area contributed by atoms with Crippen LogP contribution in [0.25, 0.3) is 0 Å². The van der Waals surface area contributed by atoms with Crippen molar-refractivity contribution in [3.63, 3.8) is 0 Å². The van der Waals surface area contributed by atoms with Gasteiger partial charge in [-0.15, -0.1) is 0 Å². The van der Waals surface area contributed by atoms with Crippen molar-refractivity contribution in [1.29, 1.82) is 0 Å². The number of nitrogens with zero attached hydrogens (tertiary/aromatic N) is 2. The maximum absolute atomic E-state index is 13.3. The van der Waals surface area contributed by atoms with E-state index < -0.39 is 21.9 Å². The molecular formula is C22H26N2O4S. The van der Waals surface area contributed by atoms with E-state index in [-0.39, 0.29) is 11.3 Å². The number of aryl methyl sites for hydroxylation is 1. The summed E-state index contributed by atoms with van der Waals surface area (Å²) in [6.45, 7) is 5.13. The van der Waals surface area contributed by atoms with Crippen molar-refractivity contribution in [2.75, 3.05) is 26.2 Å². The van der Waals surface area contributed by atoms with Crippen LogP contribution in [-0.2, 0) is 34.2 Å². The molecule has 6 nitrogen and oxygen atoms in total. The average Bonchev–Trinajstić information content (AvgIpc) is 3.15. The highest BCUT2D eigenvalue weighted by Crippen LogP contribution is 2.33. The molecule has 2 aliphatic rings. The molecule has 1 heterocycles. The van der Waals surface area contributed by atoms with Gasteiger partial charge in [-0.3, -0.25) is 9.69 Å². The van der Waals surface area contributed by atoms with Crippen molar-refractivity contribution in [3.05, 3.63) is 64.7 Å². The Bertz CT molecular complexity index is 1010. The van der Waals surface area contributed by atoms with Gasteiger partial charge in [0.05, 0.1) is 10.8 Å². The van der Waals surface area contributed by atoms with Crippen molar-refractivity contribution >= 4 is 16.0 Å². The number of benzene rings is 2. The first-order valence-electron chi connectivity index (χ1n) is 9.96. The minimum atomic E-state index is -3.62. The molecule has 1 unspecified atom stereocenters. The quantitative estimate of drug-likeness (QED) is 0.812. The van der Waals surface area contributed by atoms with E-state index in [9.17, 15) is 18.3 Å². The van der Waals surface area contributed by atoms with E-state index in [1.165, 1.54) is 11.1 Å². The van der Waals surface area contributed by atoms with E-state index in [4.69, 9.17) is 0 Å². The van der Waals surface area contributed by atoms with Crippen LogP contribution in [-0.4, -0.2) is 54.9 Å². The summed E-state index contributed by atoms with van der Waals surface area (Å²) in [6, 6.07) is 13.6. The molecule has 1 fully saturated rings. The zero-order valence-corrected chi connectivity index (χ0v) is 17.4. The van der Waals surface area contributed by atoms with Crippen molar-refractivity contribution in [2.24, 2.45) is 5.92 Å². The maximum atomic E-state index is 13.3. The Morgan fingerprint density at radius 2 is 1.72 bits per heavy atom. The lowest BCUT2D eigenvalue weighted by Crippen LogP contribution is -2.48. The molecule has 0 aromatic heterocycles. The summed E-state index contributed by atoms with van der Waals surface area (Å²) < 4.78 is 28.1. The van der Waals surface area contributed by atoms with Gasteiger partial charge in [-0.25, -0.2) is 8.42 Å². The van der Waals surface area contributed by atoms with Crippen LogP contribution >= 0.6 is 0 Å². The van der Waals surface area contributed by atoms with Crippen LogP contribution in [0.15, 0.2) is 47.4 Å². The number of hydrogen-bond acceptors (Lipinski definition) is 4. The summed E-state index contributed by atoms with van der Waals surface area (Å²) in [4.78, 5) is 13.9. The maximum Gasteiger partial charge on any atom is 0.307 e. The van der Waals surface area contributed by atoms with Crippen LogP contribution in [0.4, 0.5) is 0 Å². The van der Waals surface area contributed by atoms with Gasteiger partial charge in [0.15, 0.2) is 0 Å². The average molecular weight is 415 g/mol. The number of sulfonamides is 1. The number of aliphatic carboxylic acids is 1. The number of piperazine rings is 1. The molecule has 1 aliphatic carbocycles. The van der Waals surface area contributed by atoms with E-state index in [0.29, 0.717) is 38.2 Å². The molecule has 1 aliphatic heterocycles. The molecule has 0 bridgehead atoms. The number of hydrogen-bond donors (Lipinski definition) is 1.